The minimum absolute atomic E-state index is 0.575. The van der Waals surface area contributed by atoms with Crippen LogP contribution in [-0.2, 0) is 0 Å². The van der Waals surface area contributed by atoms with Gasteiger partial charge in [-0.3, -0.25) is 0 Å². The molecule has 0 atom stereocenters. The third kappa shape index (κ3) is 2.53. The molecule has 1 rings (SSSR count). The van der Waals surface area contributed by atoms with Gasteiger partial charge in [0.1, 0.15) is 0 Å². The summed E-state index contributed by atoms with van der Waals surface area (Å²) in [4.78, 5) is 2.78. The van der Waals surface area contributed by atoms with Crippen LogP contribution in [0, 0.1) is 11.8 Å². The average molecular weight is 199 g/mol. The van der Waals surface area contributed by atoms with E-state index in [1.807, 2.05) is 0 Å². The Labute approximate surface area is 69.0 Å². The average Bonchev–Trinajstić information content (AvgIpc) is 1.96. The van der Waals surface area contributed by atoms with Crippen molar-refractivity contribution < 1.29 is 26.7 Å². The Hall–Kier alpha value is -1.40. The van der Waals surface area contributed by atoms with Crippen molar-refractivity contribution in [3.63, 3.8) is 0 Å². The van der Waals surface area contributed by atoms with Crippen molar-refractivity contribution in [1.29, 1.82) is 0 Å². The number of hydrogen-bond donors (Lipinski definition) is 0. The van der Waals surface area contributed by atoms with Crippen molar-refractivity contribution >= 4 is 0 Å². The molecule has 0 aliphatic rings. The first kappa shape index (κ1) is 9.69. The number of rotatable bonds is 1. The molecule has 13 heavy (non-hydrogen) atoms. The molecule has 1 aromatic heterocycles. The highest BCUT2D eigenvalue weighted by Crippen LogP contribution is 2.25. The minimum Gasteiger partial charge on any atom is -0.402 e. The lowest BCUT2D eigenvalue weighted by Crippen LogP contribution is -2.18. The van der Waals surface area contributed by atoms with Gasteiger partial charge in [-0.1, -0.05) is 0 Å². The fraction of sp³-hybridized carbons (Fsp3) is 0.167. The number of ether oxygens (including phenoxy) is 1. The molecule has 0 spiro atoms. The van der Waals surface area contributed by atoms with Gasteiger partial charge in [-0.2, -0.15) is 8.78 Å². The first-order valence-corrected chi connectivity index (χ1v) is 2.96. The maximum Gasteiger partial charge on any atom is 0.573 e. The summed E-state index contributed by atoms with van der Waals surface area (Å²) in [7, 11) is 0. The number of aromatic nitrogens is 1. The van der Waals surface area contributed by atoms with E-state index < -0.39 is 23.9 Å². The number of hydrogen-bond acceptors (Lipinski definition) is 2. The highest BCUT2D eigenvalue weighted by molar-refractivity contribution is 5.20. The van der Waals surface area contributed by atoms with E-state index in [9.17, 15) is 22.0 Å². The number of nitrogens with zero attached hydrogens (tertiary/aromatic N) is 1. The first-order chi connectivity index (χ1) is 5.90. The van der Waals surface area contributed by atoms with E-state index in [-0.39, 0.29) is 0 Å². The van der Waals surface area contributed by atoms with Crippen molar-refractivity contribution in [1.82, 2.24) is 4.98 Å². The van der Waals surface area contributed by atoms with Crippen LogP contribution >= 0.6 is 0 Å². The Morgan fingerprint density at radius 1 is 1.23 bits per heavy atom. The summed E-state index contributed by atoms with van der Waals surface area (Å²) in [5.41, 5.74) is 0. The summed E-state index contributed by atoms with van der Waals surface area (Å²) in [6.45, 7) is 0. The molecular formula is C6H2F5NO. The third-order valence-electron chi connectivity index (χ3n) is 1.04. The summed E-state index contributed by atoms with van der Waals surface area (Å²) in [6, 6.07) is 0.575. The Kier molecular flexibility index (Phi) is 2.35. The first-order valence-electron chi connectivity index (χ1n) is 2.96. The lowest BCUT2D eigenvalue weighted by Gasteiger charge is -2.08. The molecule has 0 N–H and O–H groups in total. The smallest absolute Gasteiger partial charge is 0.402 e. The molecular weight excluding hydrogens is 197 g/mol. The molecule has 2 nitrogen and oxygen atoms in total. The van der Waals surface area contributed by atoms with Gasteiger partial charge in [-0.05, 0) is 0 Å². The summed E-state index contributed by atoms with van der Waals surface area (Å²) >= 11 is 0. The molecule has 0 aliphatic carbocycles. The standard InChI is InChI=1S/C6H2F5NO/c7-4-3(13-6(9,10)11)1-2-12-5(4)8/h1-2H. The molecule has 0 unspecified atom stereocenters. The van der Waals surface area contributed by atoms with Crippen LogP contribution in [0.3, 0.4) is 0 Å². The summed E-state index contributed by atoms with van der Waals surface area (Å²) in [5.74, 6) is -4.64. The lowest BCUT2D eigenvalue weighted by molar-refractivity contribution is -0.275. The second kappa shape index (κ2) is 3.15. The Morgan fingerprint density at radius 3 is 2.38 bits per heavy atom. The molecule has 0 amide bonds. The molecule has 1 heterocycles. The van der Waals surface area contributed by atoms with Crippen molar-refractivity contribution in [3.8, 4) is 5.75 Å². The predicted octanol–water partition coefficient (Wildman–Crippen LogP) is 2.26. The van der Waals surface area contributed by atoms with Gasteiger partial charge in [-0.15, -0.1) is 13.2 Å². The molecule has 72 valence electrons. The molecule has 1 aromatic rings. The van der Waals surface area contributed by atoms with E-state index in [4.69, 9.17) is 0 Å². The monoisotopic (exact) mass is 199 g/mol. The van der Waals surface area contributed by atoms with E-state index in [2.05, 4.69) is 9.72 Å². The van der Waals surface area contributed by atoms with Crippen molar-refractivity contribution in [2.24, 2.45) is 0 Å². The quantitative estimate of drug-likeness (QED) is 0.511. The van der Waals surface area contributed by atoms with Gasteiger partial charge in [0.15, 0.2) is 5.75 Å². The molecule has 0 bridgehead atoms. The normalized spacial score (nSPS) is 11.5. The molecule has 0 saturated heterocycles. The topological polar surface area (TPSA) is 22.1 Å². The highest BCUT2D eigenvalue weighted by atomic mass is 19.4. The van der Waals surface area contributed by atoms with Gasteiger partial charge in [0, 0.05) is 12.3 Å². The maximum atomic E-state index is 12.5. The van der Waals surface area contributed by atoms with Gasteiger partial charge in [0.2, 0.25) is 5.82 Å². The van der Waals surface area contributed by atoms with E-state index >= 15 is 0 Å². The second-order valence-electron chi connectivity index (χ2n) is 1.96. The molecule has 0 fully saturated rings. The van der Waals surface area contributed by atoms with Crippen LogP contribution in [0.2, 0.25) is 0 Å². The Bertz CT molecular complexity index is 310. The zero-order valence-corrected chi connectivity index (χ0v) is 5.90. The van der Waals surface area contributed by atoms with E-state index in [1.54, 1.807) is 0 Å². The largest absolute Gasteiger partial charge is 0.573 e. The van der Waals surface area contributed by atoms with Crippen LogP contribution in [0.1, 0.15) is 0 Å². The number of alkyl halides is 3. The van der Waals surface area contributed by atoms with Crippen LogP contribution in [-0.4, -0.2) is 11.3 Å². The summed E-state index contributed by atoms with van der Waals surface area (Å²) in [5, 5.41) is 0. The maximum absolute atomic E-state index is 12.5. The molecule has 0 aliphatic heterocycles. The lowest BCUT2D eigenvalue weighted by atomic mass is 10.4. The highest BCUT2D eigenvalue weighted by Gasteiger charge is 2.33. The van der Waals surface area contributed by atoms with Gasteiger partial charge >= 0.3 is 6.36 Å². The fourth-order valence-corrected chi connectivity index (χ4v) is 0.605. The zero-order chi connectivity index (χ0) is 10.1. The van der Waals surface area contributed by atoms with Crippen molar-refractivity contribution in [2.75, 3.05) is 0 Å². The van der Waals surface area contributed by atoms with Crippen LogP contribution in [0.15, 0.2) is 12.3 Å². The SMILES string of the molecule is Fc1nccc(OC(F)(F)F)c1F. The van der Waals surface area contributed by atoms with Gasteiger partial charge in [0.05, 0.1) is 0 Å². The predicted molar refractivity (Wildman–Crippen MR) is 30.8 cm³/mol. The van der Waals surface area contributed by atoms with E-state index in [0.717, 1.165) is 0 Å². The second-order valence-corrected chi connectivity index (χ2v) is 1.96. The summed E-state index contributed by atoms with van der Waals surface area (Å²) in [6.07, 6.45) is -4.38. The van der Waals surface area contributed by atoms with Crippen molar-refractivity contribution in [2.45, 2.75) is 6.36 Å². The number of halogens is 5. The van der Waals surface area contributed by atoms with Gasteiger partial charge in [-0.25, -0.2) is 4.98 Å². The number of pyridine rings is 1. The van der Waals surface area contributed by atoms with Gasteiger partial charge < -0.3 is 4.74 Å². The summed E-state index contributed by atoms with van der Waals surface area (Å²) < 4.78 is 62.4. The van der Waals surface area contributed by atoms with Crippen molar-refractivity contribution in [3.05, 3.63) is 24.0 Å². The molecule has 0 radical (unpaired) electrons. The van der Waals surface area contributed by atoms with Crippen LogP contribution in [0.25, 0.3) is 0 Å². The Balaban J connectivity index is 2.96. The van der Waals surface area contributed by atoms with Crippen LogP contribution in [0.5, 0.6) is 5.75 Å². The molecule has 0 aromatic carbocycles. The van der Waals surface area contributed by atoms with Gasteiger partial charge in [0.25, 0.3) is 5.95 Å². The minimum atomic E-state index is -5.05. The Morgan fingerprint density at radius 2 is 1.85 bits per heavy atom. The molecule has 0 saturated carbocycles. The van der Waals surface area contributed by atoms with E-state index in [1.165, 1.54) is 0 Å². The fourth-order valence-electron chi connectivity index (χ4n) is 0.605. The van der Waals surface area contributed by atoms with Crippen LogP contribution in [0.4, 0.5) is 22.0 Å². The third-order valence-corrected chi connectivity index (χ3v) is 1.04. The van der Waals surface area contributed by atoms with Crippen LogP contribution < -0.4 is 4.74 Å². The van der Waals surface area contributed by atoms with E-state index in [0.29, 0.717) is 12.3 Å². The molecule has 7 heteroatoms. The zero-order valence-electron chi connectivity index (χ0n) is 5.90.